The Hall–Kier alpha value is -0.340. The number of ether oxygens (including phenoxy) is 2. The third-order valence-electron chi connectivity index (χ3n) is 5.91. The number of aromatic nitrogens is 1. The molecular formula is C24H45NO6PS+. The molecule has 0 saturated carbocycles. The van der Waals surface area contributed by atoms with Gasteiger partial charge in [0.15, 0.2) is 19.0 Å². The van der Waals surface area contributed by atoms with Crippen LogP contribution in [0, 0.1) is 0 Å². The molecule has 192 valence electrons. The maximum atomic E-state index is 12.0. The third kappa shape index (κ3) is 14.6. The van der Waals surface area contributed by atoms with Gasteiger partial charge in [-0.25, -0.2) is 4.57 Å². The van der Waals surface area contributed by atoms with Crippen LogP contribution in [0.4, 0.5) is 0 Å². The molecule has 1 fully saturated rings. The van der Waals surface area contributed by atoms with Crippen molar-refractivity contribution >= 4 is 19.2 Å². The van der Waals surface area contributed by atoms with Crippen LogP contribution in [0.5, 0.6) is 0 Å². The van der Waals surface area contributed by atoms with E-state index in [1.165, 1.54) is 77.0 Å². The fourth-order valence-electron chi connectivity index (χ4n) is 3.94. The van der Waals surface area contributed by atoms with Crippen molar-refractivity contribution in [3.05, 3.63) is 17.1 Å². The highest BCUT2D eigenvalue weighted by Crippen LogP contribution is 2.43. The van der Waals surface area contributed by atoms with E-state index in [-0.39, 0.29) is 25.6 Å². The lowest BCUT2D eigenvalue weighted by Gasteiger charge is -2.14. The molecule has 1 aromatic heterocycles. The monoisotopic (exact) mass is 506 g/mol. The molecule has 33 heavy (non-hydrogen) atoms. The summed E-state index contributed by atoms with van der Waals surface area (Å²) in [6, 6.07) is 0. The van der Waals surface area contributed by atoms with Crippen molar-refractivity contribution in [2.45, 2.75) is 116 Å². The van der Waals surface area contributed by atoms with Gasteiger partial charge in [-0.15, -0.1) is 0 Å². The van der Waals surface area contributed by atoms with Gasteiger partial charge in [-0.1, -0.05) is 95.3 Å². The predicted octanol–water partition coefficient (Wildman–Crippen LogP) is 6.39. The number of phosphoric acid groups is 1. The second-order valence-corrected chi connectivity index (χ2v) is 11.1. The van der Waals surface area contributed by atoms with Crippen LogP contribution < -0.4 is 4.57 Å². The topological polar surface area (TPSA) is 78.1 Å². The minimum Gasteiger partial charge on any atom is -0.350 e. The average molecular weight is 507 g/mol. The average Bonchev–Trinajstić information content (AvgIpc) is 3.48. The van der Waals surface area contributed by atoms with Crippen molar-refractivity contribution in [2.24, 2.45) is 0 Å². The quantitative estimate of drug-likeness (QED) is 0.118. The van der Waals surface area contributed by atoms with E-state index in [4.69, 9.17) is 18.5 Å². The van der Waals surface area contributed by atoms with E-state index in [1.54, 1.807) is 11.3 Å². The second kappa shape index (κ2) is 18.0. The van der Waals surface area contributed by atoms with Crippen molar-refractivity contribution < 1.29 is 32.5 Å². The molecule has 0 spiro atoms. The fourth-order valence-corrected chi connectivity index (χ4v) is 5.31. The minimum atomic E-state index is -4.08. The summed E-state index contributed by atoms with van der Waals surface area (Å²) in [5.41, 5.74) is 1.91. The lowest BCUT2D eigenvalue weighted by Crippen LogP contribution is -2.32. The first-order chi connectivity index (χ1) is 16.1. The number of unbranched alkanes of at least 4 members (excludes halogenated alkanes) is 12. The standard InChI is InChI=1S/C24H44NO6PS/c1-2-3-4-5-6-7-8-9-10-11-12-13-14-15-24-28-20-23(31-24)21-30-32(26,27)29-18-16-25-17-19-33-22-25/h17,19,22-24H,2-16,18,20-21H2,1H3/p+1. The molecule has 7 nitrogen and oxygen atoms in total. The van der Waals surface area contributed by atoms with Gasteiger partial charge in [0.1, 0.15) is 12.7 Å². The summed E-state index contributed by atoms with van der Waals surface area (Å²) in [6.45, 7) is 3.26. The molecule has 1 N–H and O–H groups in total. The normalized spacial score (nSPS) is 20.3. The summed E-state index contributed by atoms with van der Waals surface area (Å²) in [4.78, 5) is 9.81. The van der Waals surface area contributed by atoms with Gasteiger partial charge in [0.25, 0.3) is 0 Å². The Kier molecular flexibility index (Phi) is 15.8. The van der Waals surface area contributed by atoms with Crippen LogP contribution in [0.2, 0.25) is 0 Å². The Morgan fingerprint density at radius 3 is 2.24 bits per heavy atom. The van der Waals surface area contributed by atoms with Gasteiger partial charge < -0.3 is 14.4 Å². The zero-order valence-electron chi connectivity index (χ0n) is 20.4. The Morgan fingerprint density at radius 2 is 1.64 bits per heavy atom. The molecule has 2 heterocycles. The molecule has 1 aromatic rings. The molecule has 0 aromatic carbocycles. The van der Waals surface area contributed by atoms with Crippen molar-refractivity contribution in [3.63, 3.8) is 0 Å². The van der Waals surface area contributed by atoms with E-state index < -0.39 is 7.82 Å². The van der Waals surface area contributed by atoms with Crippen LogP contribution in [-0.4, -0.2) is 37.1 Å². The van der Waals surface area contributed by atoms with Crippen molar-refractivity contribution in [1.82, 2.24) is 0 Å². The maximum Gasteiger partial charge on any atom is 0.472 e. The molecule has 1 saturated heterocycles. The van der Waals surface area contributed by atoms with Crippen molar-refractivity contribution in [1.29, 1.82) is 0 Å². The molecular weight excluding hydrogens is 461 g/mol. The zero-order chi connectivity index (χ0) is 23.6. The van der Waals surface area contributed by atoms with E-state index in [2.05, 4.69) is 6.92 Å². The first kappa shape index (κ1) is 28.9. The third-order valence-corrected chi connectivity index (χ3v) is 7.57. The van der Waals surface area contributed by atoms with Crippen LogP contribution in [0.1, 0.15) is 96.8 Å². The molecule has 2 rings (SSSR count). The highest BCUT2D eigenvalue weighted by Gasteiger charge is 2.30. The minimum absolute atomic E-state index is 0.00548. The number of hydrogen-bond donors (Lipinski definition) is 1. The molecule has 9 heteroatoms. The number of hydrogen-bond acceptors (Lipinski definition) is 6. The molecule has 3 unspecified atom stereocenters. The van der Waals surface area contributed by atoms with Crippen LogP contribution in [0.3, 0.4) is 0 Å². The Balaban J connectivity index is 1.38. The van der Waals surface area contributed by atoms with E-state index in [9.17, 15) is 9.46 Å². The molecule has 0 bridgehead atoms. The molecule has 1 aliphatic heterocycles. The van der Waals surface area contributed by atoms with E-state index in [0.29, 0.717) is 13.2 Å². The summed E-state index contributed by atoms with van der Waals surface area (Å²) < 4.78 is 35.4. The largest absolute Gasteiger partial charge is 0.472 e. The molecule has 3 atom stereocenters. The van der Waals surface area contributed by atoms with E-state index >= 15 is 0 Å². The fraction of sp³-hybridized carbons (Fsp3) is 0.875. The maximum absolute atomic E-state index is 12.0. The predicted molar refractivity (Wildman–Crippen MR) is 131 cm³/mol. The van der Waals surface area contributed by atoms with Gasteiger partial charge in [0.2, 0.25) is 5.51 Å². The van der Waals surface area contributed by atoms with Gasteiger partial charge in [-0.2, -0.15) is 4.57 Å². The van der Waals surface area contributed by atoms with Crippen molar-refractivity contribution in [2.75, 3.05) is 19.8 Å². The van der Waals surface area contributed by atoms with Crippen LogP contribution in [0.25, 0.3) is 0 Å². The lowest BCUT2D eigenvalue weighted by molar-refractivity contribution is -0.693. The summed E-state index contributed by atoms with van der Waals surface area (Å²) in [5.74, 6) is 0. The van der Waals surface area contributed by atoms with E-state index in [0.717, 1.165) is 12.8 Å². The summed E-state index contributed by atoms with van der Waals surface area (Å²) in [5, 5.41) is 1.93. The Morgan fingerprint density at radius 1 is 1.00 bits per heavy atom. The van der Waals surface area contributed by atoms with Crippen LogP contribution in [0.15, 0.2) is 17.1 Å². The van der Waals surface area contributed by atoms with E-state index in [1.807, 2.05) is 21.7 Å². The number of phosphoric ester groups is 1. The SMILES string of the molecule is CCCCCCCCCCCCCCCC1OCC(COP(=O)(O)OCC[n+]2ccsc2)O1. The number of thiazole rings is 1. The molecule has 0 aliphatic carbocycles. The first-order valence-electron chi connectivity index (χ1n) is 12.9. The Labute approximate surface area is 204 Å². The van der Waals surface area contributed by atoms with Crippen LogP contribution in [-0.2, 0) is 29.6 Å². The highest BCUT2D eigenvalue weighted by atomic mass is 32.1. The summed E-state index contributed by atoms with van der Waals surface area (Å²) >= 11 is 1.55. The molecule has 0 amide bonds. The van der Waals surface area contributed by atoms with Gasteiger partial charge in [-0.05, 0) is 12.8 Å². The zero-order valence-corrected chi connectivity index (χ0v) is 22.1. The number of nitrogens with zero attached hydrogens (tertiary/aromatic N) is 1. The second-order valence-electron chi connectivity index (χ2n) is 8.91. The first-order valence-corrected chi connectivity index (χ1v) is 15.3. The Bertz CT molecular complexity index is 632. The van der Waals surface area contributed by atoms with Gasteiger partial charge >= 0.3 is 7.82 Å². The highest BCUT2D eigenvalue weighted by molar-refractivity contribution is 7.47. The molecule has 1 aliphatic rings. The summed E-state index contributed by atoms with van der Waals surface area (Å²) in [7, 11) is -4.08. The van der Waals surface area contributed by atoms with Crippen molar-refractivity contribution in [3.8, 4) is 0 Å². The lowest BCUT2D eigenvalue weighted by atomic mass is 10.0. The number of rotatable bonds is 21. The van der Waals surface area contributed by atoms with Gasteiger partial charge in [0.05, 0.1) is 18.6 Å². The molecule has 0 radical (unpaired) electrons. The van der Waals surface area contributed by atoms with Gasteiger partial charge in [-0.3, -0.25) is 9.05 Å². The van der Waals surface area contributed by atoms with Gasteiger partial charge in [0, 0.05) is 0 Å². The summed E-state index contributed by atoms with van der Waals surface area (Å²) in [6.07, 6.45) is 19.5. The smallest absolute Gasteiger partial charge is 0.350 e. The van der Waals surface area contributed by atoms with Crippen LogP contribution >= 0.6 is 19.2 Å².